The van der Waals surface area contributed by atoms with E-state index in [9.17, 15) is 14.7 Å². The van der Waals surface area contributed by atoms with Gasteiger partial charge in [0.1, 0.15) is 17.1 Å². The molecule has 0 saturated carbocycles. The van der Waals surface area contributed by atoms with E-state index < -0.39 is 12.0 Å². The molecule has 2 atom stereocenters. The SMILES string of the molecule is CC(C)C1=C(C(=O)O)N2C(=O)[C@H](N)[C@H]2SC1. The molecule has 0 unspecified atom stereocenters. The van der Waals surface area contributed by atoms with E-state index in [1.807, 2.05) is 13.8 Å². The minimum absolute atomic E-state index is 0.129. The van der Waals surface area contributed by atoms with Gasteiger partial charge in [-0.1, -0.05) is 13.8 Å². The summed E-state index contributed by atoms with van der Waals surface area (Å²) in [6, 6.07) is -0.548. The van der Waals surface area contributed by atoms with Gasteiger partial charge in [0.25, 0.3) is 0 Å². The highest BCUT2D eigenvalue weighted by atomic mass is 32.2. The Bertz CT molecular complexity index is 392. The van der Waals surface area contributed by atoms with Crippen LogP contribution in [0.1, 0.15) is 13.8 Å². The van der Waals surface area contributed by atoms with Crippen LogP contribution in [0, 0.1) is 5.92 Å². The summed E-state index contributed by atoms with van der Waals surface area (Å²) in [6.45, 7) is 3.87. The molecule has 2 heterocycles. The molecule has 0 aliphatic carbocycles. The number of carbonyl (C=O) groups is 2. The molecular weight excluding hydrogens is 228 g/mol. The van der Waals surface area contributed by atoms with E-state index in [0.29, 0.717) is 5.75 Å². The molecule has 6 heteroatoms. The van der Waals surface area contributed by atoms with E-state index in [1.54, 1.807) is 11.8 Å². The predicted octanol–water partition coefficient (Wildman–Crippen LogP) is 0.224. The first-order valence-corrected chi connectivity index (χ1v) is 6.16. The van der Waals surface area contributed by atoms with E-state index in [1.165, 1.54) is 4.90 Å². The number of carboxylic acids is 1. The number of carboxylic acid groups (broad SMARTS) is 1. The molecular formula is C10H14N2O3S. The maximum atomic E-state index is 11.6. The lowest BCUT2D eigenvalue weighted by Gasteiger charge is -2.48. The number of nitrogens with two attached hydrogens (primary N) is 1. The summed E-state index contributed by atoms with van der Waals surface area (Å²) >= 11 is 1.54. The van der Waals surface area contributed by atoms with Gasteiger partial charge in [-0.2, -0.15) is 0 Å². The first-order valence-electron chi connectivity index (χ1n) is 5.11. The molecule has 0 aromatic carbocycles. The molecule has 5 nitrogen and oxygen atoms in total. The average molecular weight is 242 g/mol. The van der Waals surface area contributed by atoms with Crippen molar-refractivity contribution in [2.45, 2.75) is 25.3 Å². The third kappa shape index (κ3) is 1.44. The fourth-order valence-electron chi connectivity index (χ4n) is 1.98. The molecule has 16 heavy (non-hydrogen) atoms. The van der Waals surface area contributed by atoms with Crippen LogP contribution in [-0.2, 0) is 9.59 Å². The Kier molecular flexibility index (Phi) is 2.71. The summed E-state index contributed by atoms with van der Waals surface area (Å²) in [5.41, 5.74) is 6.59. The predicted molar refractivity (Wildman–Crippen MR) is 60.6 cm³/mol. The Balaban J connectivity index is 2.42. The maximum Gasteiger partial charge on any atom is 0.352 e. The van der Waals surface area contributed by atoms with Crippen LogP contribution >= 0.6 is 11.8 Å². The monoisotopic (exact) mass is 242 g/mol. The topological polar surface area (TPSA) is 83.6 Å². The number of rotatable bonds is 2. The molecule has 0 radical (unpaired) electrons. The lowest BCUT2D eigenvalue weighted by Crippen LogP contribution is -2.68. The summed E-state index contributed by atoms with van der Waals surface area (Å²) in [4.78, 5) is 24.1. The number of aliphatic carboxylic acids is 1. The number of hydrogen-bond acceptors (Lipinski definition) is 4. The van der Waals surface area contributed by atoms with Crippen LogP contribution in [0.3, 0.4) is 0 Å². The fourth-order valence-corrected chi connectivity index (χ4v) is 3.48. The Hall–Kier alpha value is -1.01. The van der Waals surface area contributed by atoms with Gasteiger partial charge < -0.3 is 10.8 Å². The number of hydrogen-bond donors (Lipinski definition) is 2. The average Bonchev–Trinajstić information content (AvgIpc) is 2.25. The van der Waals surface area contributed by atoms with Crippen molar-refractivity contribution < 1.29 is 14.7 Å². The first kappa shape index (κ1) is 11.5. The van der Waals surface area contributed by atoms with Gasteiger partial charge in [0.15, 0.2) is 0 Å². The van der Waals surface area contributed by atoms with Crippen molar-refractivity contribution >= 4 is 23.6 Å². The number of amides is 1. The molecule has 0 bridgehead atoms. The summed E-state index contributed by atoms with van der Waals surface area (Å²) < 4.78 is 0. The summed E-state index contributed by atoms with van der Waals surface area (Å²) in [6.07, 6.45) is 0. The summed E-state index contributed by atoms with van der Waals surface area (Å²) in [5, 5.41) is 8.99. The molecule has 0 aromatic rings. The number of β-lactam (4-membered cyclic amide) rings is 1. The maximum absolute atomic E-state index is 11.6. The van der Waals surface area contributed by atoms with Gasteiger partial charge in [-0.3, -0.25) is 9.69 Å². The Morgan fingerprint density at radius 1 is 1.62 bits per heavy atom. The largest absolute Gasteiger partial charge is 0.477 e. The van der Waals surface area contributed by atoms with E-state index in [4.69, 9.17) is 5.73 Å². The second-order valence-electron chi connectivity index (χ2n) is 4.27. The van der Waals surface area contributed by atoms with Crippen molar-refractivity contribution in [1.82, 2.24) is 4.90 Å². The van der Waals surface area contributed by atoms with Crippen molar-refractivity contribution in [3.05, 3.63) is 11.3 Å². The minimum Gasteiger partial charge on any atom is -0.477 e. The smallest absolute Gasteiger partial charge is 0.352 e. The van der Waals surface area contributed by atoms with Crippen molar-refractivity contribution in [3.63, 3.8) is 0 Å². The lowest BCUT2D eigenvalue weighted by molar-refractivity contribution is -0.148. The second-order valence-corrected chi connectivity index (χ2v) is 5.37. The number of carbonyl (C=O) groups excluding carboxylic acids is 1. The van der Waals surface area contributed by atoms with Crippen LogP contribution in [0.25, 0.3) is 0 Å². The molecule has 1 amide bonds. The molecule has 0 aromatic heterocycles. The van der Waals surface area contributed by atoms with Gasteiger partial charge in [-0.05, 0) is 11.5 Å². The van der Waals surface area contributed by atoms with Crippen LogP contribution in [-0.4, -0.2) is 39.1 Å². The quantitative estimate of drug-likeness (QED) is 0.677. The van der Waals surface area contributed by atoms with Gasteiger partial charge in [0.05, 0.1) is 0 Å². The van der Waals surface area contributed by atoms with E-state index in [-0.39, 0.29) is 22.9 Å². The van der Waals surface area contributed by atoms with Crippen molar-refractivity contribution in [2.75, 3.05) is 5.75 Å². The molecule has 2 rings (SSSR count). The van der Waals surface area contributed by atoms with E-state index in [0.717, 1.165) is 5.57 Å². The van der Waals surface area contributed by atoms with Crippen LogP contribution < -0.4 is 5.73 Å². The minimum atomic E-state index is -1.03. The zero-order chi connectivity index (χ0) is 12.0. The van der Waals surface area contributed by atoms with Crippen molar-refractivity contribution in [1.29, 1.82) is 0 Å². The third-order valence-electron chi connectivity index (χ3n) is 2.94. The van der Waals surface area contributed by atoms with Crippen LogP contribution in [0.2, 0.25) is 0 Å². The molecule has 3 N–H and O–H groups in total. The standard InChI is InChI=1S/C10H14N2O3S/c1-4(2)5-3-16-9-6(11)8(13)12(9)7(5)10(14)15/h4,6,9H,3,11H2,1-2H3,(H,14,15)/t6-,9+/m0/s1. The number of nitrogens with zero attached hydrogens (tertiary/aromatic N) is 1. The summed E-state index contributed by atoms with van der Waals surface area (Å²) in [5.74, 6) is -0.548. The van der Waals surface area contributed by atoms with Crippen LogP contribution in [0.4, 0.5) is 0 Å². The molecule has 2 aliphatic heterocycles. The molecule has 2 aliphatic rings. The normalized spacial score (nSPS) is 29.2. The second kappa shape index (κ2) is 3.78. The summed E-state index contributed by atoms with van der Waals surface area (Å²) in [7, 11) is 0. The third-order valence-corrected chi connectivity index (χ3v) is 4.26. The van der Waals surface area contributed by atoms with Gasteiger partial charge in [0.2, 0.25) is 5.91 Å². The van der Waals surface area contributed by atoms with Gasteiger partial charge in [-0.25, -0.2) is 4.79 Å². The van der Waals surface area contributed by atoms with Gasteiger partial charge in [-0.15, -0.1) is 11.8 Å². The van der Waals surface area contributed by atoms with Gasteiger partial charge in [0, 0.05) is 5.75 Å². The fraction of sp³-hybridized carbons (Fsp3) is 0.600. The number of thioether (sulfide) groups is 1. The molecule has 0 spiro atoms. The van der Waals surface area contributed by atoms with Crippen LogP contribution in [0.5, 0.6) is 0 Å². The zero-order valence-electron chi connectivity index (χ0n) is 9.14. The highest BCUT2D eigenvalue weighted by Crippen LogP contribution is 2.41. The van der Waals surface area contributed by atoms with Gasteiger partial charge >= 0.3 is 5.97 Å². The zero-order valence-corrected chi connectivity index (χ0v) is 9.95. The Labute approximate surface area is 97.7 Å². The highest BCUT2D eigenvalue weighted by molar-refractivity contribution is 8.00. The van der Waals surface area contributed by atoms with Crippen molar-refractivity contribution in [3.8, 4) is 0 Å². The Morgan fingerprint density at radius 2 is 2.25 bits per heavy atom. The van der Waals surface area contributed by atoms with Crippen molar-refractivity contribution in [2.24, 2.45) is 11.7 Å². The Morgan fingerprint density at radius 3 is 2.75 bits per heavy atom. The van der Waals surface area contributed by atoms with E-state index in [2.05, 4.69) is 0 Å². The first-order chi connectivity index (χ1) is 7.45. The molecule has 1 fully saturated rings. The lowest BCUT2D eigenvalue weighted by atomic mass is 9.97. The highest BCUT2D eigenvalue weighted by Gasteiger charge is 2.51. The van der Waals surface area contributed by atoms with Crippen LogP contribution in [0.15, 0.2) is 11.3 Å². The van der Waals surface area contributed by atoms with E-state index >= 15 is 0 Å². The molecule has 1 saturated heterocycles. The number of fused-ring (bicyclic) bond motifs is 1. The molecule has 88 valence electrons.